The third-order valence-corrected chi connectivity index (χ3v) is 4.19. The van der Waals surface area contributed by atoms with Gasteiger partial charge in [-0.3, -0.25) is 0 Å². The number of rotatable bonds is 1. The van der Waals surface area contributed by atoms with Gasteiger partial charge in [-0.25, -0.2) is 9.97 Å². The third-order valence-electron chi connectivity index (χ3n) is 4.19. The van der Waals surface area contributed by atoms with E-state index in [1.807, 2.05) is 12.1 Å². The molecule has 1 fully saturated rings. The van der Waals surface area contributed by atoms with E-state index in [0.29, 0.717) is 5.82 Å². The van der Waals surface area contributed by atoms with E-state index in [1.54, 1.807) is 12.4 Å². The zero-order valence-electron chi connectivity index (χ0n) is 11.6. The lowest BCUT2D eigenvalue weighted by Crippen LogP contribution is -2.36. The highest BCUT2D eigenvalue weighted by atomic mass is 16.3. The second-order valence-electron chi connectivity index (χ2n) is 5.52. The zero-order chi connectivity index (χ0) is 14.4. The molecule has 3 aromatic heterocycles. The minimum atomic E-state index is -0.209. The fourth-order valence-corrected chi connectivity index (χ4v) is 3.13. The molecule has 6 heteroatoms. The number of hydrogen-bond donors (Lipinski definition) is 3. The van der Waals surface area contributed by atoms with Crippen molar-refractivity contribution in [3.05, 3.63) is 24.5 Å². The predicted octanol–water partition coefficient (Wildman–Crippen LogP) is 1.65. The Morgan fingerprint density at radius 3 is 2.90 bits per heavy atom. The topological polar surface area (TPSA) is 91.1 Å². The van der Waals surface area contributed by atoms with Gasteiger partial charge in [0.2, 0.25) is 0 Å². The van der Waals surface area contributed by atoms with Crippen molar-refractivity contribution in [3.63, 3.8) is 0 Å². The minimum absolute atomic E-state index is 0.209. The Morgan fingerprint density at radius 2 is 2.10 bits per heavy atom. The molecule has 0 atom stereocenters. The predicted molar refractivity (Wildman–Crippen MR) is 83.3 cm³/mol. The lowest BCUT2D eigenvalue weighted by Gasteiger charge is -2.32. The molecule has 0 bridgehead atoms. The summed E-state index contributed by atoms with van der Waals surface area (Å²) in [4.78, 5) is 14.2. The number of H-pyrrole nitrogens is 1. The Balaban J connectivity index is 1.96. The highest BCUT2D eigenvalue weighted by Crippen LogP contribution is 2.37. The van der Waals surface area contributed by atoms with Gasteiger partial charge in [0.15, 0.2) is 0 Å². The number of piperidine rings is 1. The van der Waals surface area contributed by atoms with E-state index in [4.69, 9.17) is 5.73 Å². The summed E-state index contributed by atoms with van der Waals surface area (Å²) in [5.41, 5.74) is 8.90. The van der Waals surface area contributed by atoms with Crippen molar-refractivity contribution < 1.29 is 5.11 Å². The number of aromatic amines is 1. The van der Waals surface area contributed by atoms with Crippen molar-refractivity contribution in [2.45, 2.75) is 18.9 Å². The van der Waals surface area contributed by atoms with Gasteiger partial charge in [0.1, 0.15) is 11.5 Å². The molecule has 6 nitrogen and oxygen atoms in total. The summed E-state index contributed by atoms with van der Waals surface area (Å²) >= 11 is 0. The molecule has 4 N–H and O–H groups in total. The van der Waals surface area contributed by atoms with Gasteiger partial charge >= 0.3 is 0 Å². The Hall–Kier alpha value is -2.34. The standard InChI is InChI=1S/C15H17N5O/c16-14-13(20-6-3-9(21)4-7-20)12-10-2-1-5-17-15(10)19-11(12)8-18-14/h1-2,5,8-9,21H,3-4,6-7H2,(H2,16,18)(H,17,19). The van der Waals surface area contributed by atoms with Crippen LogP contribution in [-0.2, 0) is 0 Å². The average Bonchev–Trinajstić information content (AvgIpc) is 2.87. The van der Waals surface area contributed by atoms with Crippen LogP contribution in [0.4, 0.5) is 11.5 Å². The molecule has 0 aliphatic carbocycles. The van der Waals surface area contributed by atoms with E-state index < -0.39 is 0 Å². The molecule has 3 aromatic rings. The molecule has 0 unspecified atom stereocenters. The number of nitrogens with one attached hydrogen (secondary N) is 1. The first-order valence-electron chi connectivity index (χ1n) is 7.18. The Morgan fingerprint density at radius 1 is 1.29 bits per heavy atom. The van der Waals surface area contributed by atoms with Crippen LogP contribution in [0.5, 0.6) is 0 Å². The molecule has 0 radical (unpaired) electrons. The fourth-order valence-electron chi connectivity index (χ4n) is 3.13. The Labute approximate surface area is 121 Å². The van der Waals surface area contributed by atoms with Gasteiger partial charge in [0.05, 0.1) is 23.5 Å². The average molecular weight is 283 g/mol. The zero-order valence-corrected chi connectivity index (χ0v) is 11.6. The van der Waals surface area contributed by atoms with E-state index in [-0.39, 0.29) is 6.10 Å². The van der Waals surface area contributed by atoms with Gasteiger partial charge in [-0.15, -0.1) is 0 Å². The molecule has 4 rings (SSSR count). The molecule has 0 spiro atoms. The minimum Gasteiger partial charge on any atom is -0.393 e. The molecule has 21 heavy (non-hydrogen) atoms. The first-order valence-corrected chi connectivity index (χ1v) is 7.18. The molecular weight excluding hydrogens is 266 g/mol. The van der Waals surface area contributed by atoms with E-state index in [1.165, 1.54) is 0 Å². The van der Waals surface area contributed by atoms with E-state index >= 15 is 0 Å². The lowest BCUT2D eigenvalue weighted by molar-refractivity contribution is 0.145. The van der Waals surface area contributed by atoms with Gasteiger partial charge in [0, 0.05) is 30.1 Å². The summed E-state index contributed by atoms with van der Waals surface area (Å²) in [5.74, 6) is 0.531. The van der Waals surface area contributed by atoms with Gasteiger partial charge in [-0.05, 0) is 25.0 Å². The molecule has 0 aromatic carbocycles. The Kier molecular flexibility index (Phi) is 2.71. The van der Waals surface area contributed by atoms with Crippen LogP contribution in [0.2, 0.25) is 0 Å². The summed E-state index contributed by atoms with van der Waals surface area (Å²) < 4.78 is 0. The summed E-state index contributed by atoms with van der Waals surface area (Å²) in [6.45, 7) is 1.58. The van der Waals surface area contributed by atoms with Crippen molar-refractivity contribution in [1.82, 2.24) is 15.0 Å². The molecule has 1 aliphatic heterocycles. The van der Waals surface area contributed by atoms with Crippen molar-refractivity contribution in [2.24, 2.45) is 0 Å². The number of hydrogen-bond acceptors (Lipinski definition) is 5. The second-order valence-corrected chi connectivity index (χ2v) is 5.52. The normalized spacial score (nSPS) is 16.9. The molecule has 108 valence electrons. The van der Waals surface area contributed by atoms with Crippen LogP contribution in [0.3, 0.4) is 0 Å². The van der Waals surface area contributed by atoms with Gasteiger partial charge < -0.3 is 20.7 Å². The number of aromatic nitrogens is 3. The number of aliphatic hydroxyl groups excluding tert-OH is 1. The maximum absolute atomic E-state index is 9.70. The first kappa shape index (κ1) is 12.4. The fraction of sp³-hybridized carbons (Fsp3) is 0.333. The van der Waals surface area contributed by atoms with Crippen molar-refractivity contribution in [3.8, 4) is 0 Å². The van der Waals surface area contributed by atoms with Crippen molar-refractivity contribution in [1.29, 1.82) is 0 Å². The number of aliphatic hydroxyl groups is 1. The third kappa shape index (κ3) is 1.91. The van der Waals surface area contributed by atoms with Crippen LogP contribution in [0.25, 0.3) is 21.9 Å². The van der Waals surface area contributed by atoms with Crippen LogP contribution in [0, 0.1) is 0 Å². The number of nitrogens with zero attached hydrogens (tertiary/aromatic N) is 3. The van der Waals surface area contributed by atoms with E-state index in [0.717, 1.165) is 53.6 Å². The van der Waals surface area contributed by atoms with Crippen LogP contribution in [-0.4, -0.2) is 39.3 Å². The smallest absolute Gasteiger partial charge is 0.147 e. The monoisotopic (exact) mass is 283 g/mol. The molecule has 1 saturated heterocycles. The largest absolute Gasteiger partial charge is 0.393 e. The molecular formula is C15H17N5O. The SMILES string of the molecule is Nc1ncc2[nH]c3ncccc3c2c1N1CCC(O)CC1. The summed E-state index contributed by atoms with van der Waals surface area (Å²) in [6.07, 6.45) is 4.84. The number of anilines is 2. The van der Waals surface area contributed by atoms with Crippen molar-refractivity contribution in [2.75, 3.05) is 23.7 Å². The first-order chi connectivity index (χ1) is 10.2. The molecule has 1 aliphatic rings. The second kappa shape index (κ2) is 4.60. The molecule has 0 saturated carbocycles. The number of fused-ring (bicyclic) bond motifs is 3. The number of nitrogen functional groups attached to an aromatic ring is 1. The van der Waals surface area contributed by atoms with Gasteiger partial charge in [-0.2, -0.15) is 0 Å². The molecule has 0 amide bonds. The van der Waals surface area contributed by atoms with E-state index in [9.17, 15) is 5.11 Å². The quantitative estimate of drug-likeness (QED) is 0.631. The molecule has 4 heterocycles. The van der Waals surface area contributed by atoms with Crippen LogP contribution in [0.15, 0.2) is 24.5 Å². The Bertz CT molecular complexity index is 804. The highest BCUT2D eigenvalue weighted by Gasteiger charge is 2.23. The van der Waals surface area contributed by atoms with Crippen LogP contribution >= 0.6 is 0 Å². The van der Waals surface area contributed by atoms with E-state index in [2.05, 4.69) is 19.9 Å². The highest BCUT2D eigenvalue weighted by molar-refractivity contribution is 6.14. The summed E-state index contributed by atoms with van der Waals surface area (Å²) in [5, 5.41) is 11.8. The number of nitrogens with two attached hydrogens (primary N) is 1. The van der Waals surface area contributed by atoms with Crippen molar-refractivity contribution >= 4 is 33.4 Å². The van der Waals surface area contributed by atoms with Crippen LogP contribution in [0.1, 0.15) is 12.8 Å². The van der Waals surface area contributed by atoms with Crippen LogP contribution < -0.4 is 10.6 Å². The summed E-state index contributed by atoms with van der Waals surface area (Å²) in [7, 11) is 0. The van der Waals surface area contributed by atoms with Gasteiger partial charge in [0.25, 0.3) is 0 Å². The maximum Gasteiger partial charge on any atom is 0.147 e. The number of pyridine rings is 2. The maximum atomic E-state index is 9.70. The summed E-state index contributed by atoms with van der Waals surface area (Å²) in [6, 6.07) is 3.97. The lowest BCUT2D eigenvalue weighted by atomic mass is 10.1. The van der Waals surface area contributed by atoms with Gasteiger partial charge in [-0.1, -0.05) is 0 Å².